The monoisotopic (exact) mass is 650 g/mol. The molecule has 1 aliphatic heterocycles. The molecule has 6 heteroatoms. The van der Waals surface area contributed by atoms with Crippen molar-refractivity contribution in [3.05, 3.63) is 144 Å². The second kappa shape index (κ2) is 19.0. The standard InChI is InChI=1S/C42H54N2O4/c1-5-37-41(35-23-15-9-16-24-35)47-29-27-45-39(33-19-11-7-12-20-33)31-43(3)32-40(34-21-13-8-14-22-34)46-28-30-48-42(38(6-2)44(37)4)36-25-17-10-18-26-36/h7-26,37-42H,5-6,27-32H2,1-4H3/t37-,38-,39-,40-,41+,42+/m0/s1. The van der Waals surface area contributed by atoms with Crippen LogP contribution in [0.1, 0.15) is 73.4 Å². The van der Waals surface area contributed by atoms with E-state index in [1.54, 1.807) is 0 Å². The lowest BCUT2D eigenvalue weighted by molar-refractivity contribution is -0.0944. The van der Waals surface area contributed by atoms with E-state index in [9.17, 15) is 0 Å². The van der Waals surface area contributed by atoms with Crippen molar-refractivity contribution in [3.63, 3.8) is 0 Å². The predicted octanol–water partition coefficient (Wildman–Crippen LogP) is 8.45. The maximum atomic E-state index is 6.83. The molecule has 0 amide bonds. The average Bonchev–Trinajstić information content (AvgIpc) is 3.14. The Morgan fingerprint density at radius 3 is 1.10 bits per heavy atom. The smallest absolute Gasteiger partial charge is 0.0981 e. The molecule has 0 radical (unpaired) electrons. The molecule has 0 aromatic heterocycles. The predicted molar refractivity (Wildman–Crippen MR) is 194 cm³/mol. The lowest BCUT2D eigenvalue weighted by atomic mass is 9.93. The molecule has 0 saturated carbocycles. The molecule has 0 bridgehead atoms. The van der Waals surface area contributed by atoms with Gasteiger partial charge in [0.1, 0.15) is 0 Å². The molecule has 0 N–H and O–H groups in total. The molecule has 6 atom stereocenters. The number of rotatable bonds is 6. The zero-order valence-electron chi connectivity index (χ0n) is 29.2. The maximum absolute atomic E-state index is 6.83. The van der Waals surface area contributed by atoms with E-state index in [1.807, 2.05) is 0 Å². The molecule has 48 heavy (non-hydrogen) atoms. The van der Waals surface area contributed by atoms with Gasteiger partial charge in [-0.15, -0.1) is 0 Å². The van der Waals surface area contributed by atoms with Gasteiger partial charge < -0.3 is 23.8 Å². The molecule has 1 aliphatic rings. The summed E-state index contributed by atoms with van der Waals surface area (Å²) in [6.45, 7) is 7.92. The summed E-state index contributed by atoms with van der Waals surface area (Å²) in [6, 6.07) is 42.5. The van der Waals surface area contributed by atoms with Crippen LogP contribution in [0.3, 0.4) is 0 Å². The molecule has 4 aromatic carbocycles. The fourth-order valence-corrected chi connectivity index (χ4v) is 7.04. The van der Waals surface area contributed by atoms with Gasteiger partial charge >= 0.3 is 0 Å². The van der Waals surface area contributed by atoms with Gasteiger partial charge in [0.2, 0.25) is 0 Å². The molecule has 256 valence electrons. The molecule has 0 aliphatic carbocycles. The summed E-state index contributed by atoms with van der Waals surface area (Å²) in [5.41, 5.74) is 4.68. The Balaban J connectivity index is 1.47. The highest BCUT2D eigenvalue weighted by Gasteiger charge is 2.35. The number of benzene rings is 4. The topological polar surface area (TPSA) is 43.4 Å². The van der Waals surface area contributed by atoms with Gasteiger partial charge in [0.05, 0.1) is 50.8 Å². The van der Waals surface area contributed by atoms with Crippen LogP contribution >= 0.6 is 0 Å². The van der Waals surface area contributed by atoms with Crippen molar-refractivity contribution < 1.29 is 18.9 Å². The molecule has 1 saturated heterocycles. The summed E-state index contributed by atoms with van der Waals surface area (Å²) >= 11 is 0. The van der Waals surface area contributed by atoms with Crippen molar-refractivity contribution in [1.29, 1.82) is 0 Å². The first-order valence-corrected chi connectivity index (χ1v) is 17.7. The van der Waals surface area contributed by atoms with Crippen LogP contribution in [0.5, 0.6) is 0 Å². The highest BCUT2D eigenvalue weighted by Crippen LogP contribution is 2.34. The summed E-state index contributed by atoms with van der Waals surface area (Å²) in [6.07, 6.45) is 1.40. The van der Waals surface area contributed by atoms with Gasteiger partial charge in [-0.05, 0) is 49.2 Å². The Morgan fingerprint density at radius 1 is 0.458 bits per heavy atom. The van der Waals surface area contributed by atoms with E-state index in [4.69, 9.17) is 18.9 Å². The van der Waals surface area contributed by atoms with E-state index in [1.165, 1.54) is 11.1 Å². The largest absolute Gasteiger partial charge is 0.370 e. The van der Waals surface area contributed by atoms with Gasteiger partial charge in [-0.2, -0.15) is 0 Å². The first-order valence-electron chi connectivity index (χ1n) is 17.7. The first kappa shape index (κ1) is 35.9. The van der Waals surface area contributed by atoms with Crippen molar-refractivity contribution in [2.45, 2.75) is 63.2 Å². The minimum absolute atomic E-state index is 0.102. The van der Waals surface area contributed by atoms with Crippen LogP contribution in [0.25, 0.3) is 0 Å². The van der Waals surface area contributed by atoms with Crippen LogP contribution in [-0.2, 0) is 18.9 Å². The van der Waals surface area contributed by atoms with Crippen molar-refractivity contribution in [1.82, 2.24) is 9.80 Å². The zero-order chi connectivity index (χ0) is 33.6. The number of likely N-dealkylation sites (N-methyl/N-ethyl adjacent to an activating group) is 2. The Kier molecular flexibility index (Phi) is 14.2. The number of hydrogen-bond donors (Lipinski definition) is 0. The van der Waals surface area contributed by atoms with Gasteiger partial charge in [-0.25, -0.2) is 0 Å². The number of ether oxygens (including phenoxy) is 4. The van der Waals surface area contributed by atoms with E-state index in [2.05, 4.69) is 159 Å². The summed E-state index contributed by atoms with van der Waals surface area (Å²) in [7, 11) is 4.38. The molecule has 4 aromatic rings. The molecule has 1 heterocycles. The Morgan fingerprint density at radius 2 is 0.771 bits per heavy atom. The van der Waals surface area contributed by atoms with Crippen molar-refractivity contribution in [2.75, 3.05) is 53.6 Å². The first-order chi connectivity index (χ1) is 23.6. The third kappa shape index (κ3) is 9.85. The van der Waals surface area contributed by atoms with E-state index in [0.29, 0.717) is 26.4 Å². The van der Waals surface area contributed by atoms with E-state index in [-0.39, 0.29) is 36.5 Å². The van der Waals surface area contributed by atoms with Crippen LogP contribution in [0.2, 0.25) is 0 Å². The summed E-state index contributed by atoms with van der Waals surface area (Å²) in [4.78, 5) is 4.81. The molecule has 0 spiro atoms. The van der Waals surface area contributed by atoms with E-state index < -0.39 is 0 Å². The van der Waals surface area contributed by atoms with E-state index >= 15 is 0 Å². The lowest BCUT2D eigenvalue weighted by Gasteiger charge is -2.42. The molecule has 5 rings (SSSR count). The van der Waals surface area contributed by atoms with Gasteiger partial charge in [0.15, 0.2) is 0 Å². The van der Waals surface area contributed by atoms with Crippen LogP contribution in [0.15, 0.2) is 121 Å². The van der Waals surface area contributed by atoms with Crippen molar-refractivity contribution in [2.24, 2.45) is 0 Å². The van der Waals surface area contributed by atoms with Crippen molar-refractivity contribution >= 4 is 0 Å². The average molecular weight is 651 g/mol. The van der Waals surface area contributed by atoms with Gasteiger partial charge in [-0.1, -0.05) is 135 Å². The highest BCUT2D eigenvalue weighted by molar-refractivity contribution is 5.22. The minimum Gasteiger partial charge on any atom is -0.370 e. The second-order valence-electron chi connectivity index (χ2n) is 12.8. The third-order valence-electron chi connectivity index (χ3n) is 9.54. The Bertz CT molecular complexity index is 1320. The third-order valence-corrected chi connectivity index (χ3v) is 9.54. The maximum Gasteiger partial charge on any atom is 0.0981 e. The van der Waals surface area contributed by atoms with Gasteiger partial charge in [-0.3, -0.25) is 4.90 Å². The molecular formula is C42H54N2O4. The molecule has 0 unspecified atom stereocenters. The minimum atomic E-state index is -0.123. The highest BCUT2D eigenvalue weighted by atomic mass is 16.5. The van der Waals surface area contributed by atoms with Crippen LogP contribution in [0.4, 0.5) is 0 Å². The molecule has 6 nitrogen and oxygen atoms in total. The summed E-state index contributed by atoms with van der Waals surface area (Å²) in [5.74, 6) is 0. The summed E-state index contributed by atoms with van der Waals surface area (Å²) < 4.78 is 26.9. The summed E-state index contributed by atoms with van der Waals surface area (Å²) in [5, 5.41) is 0. The fourth-order valence-electron chi connectivity index (χ4n) is 7.04. The molecule has 1 fully saturated rings. The van der Waals surface area contributed by atoms with Gasteiger partial charge in [0.25, 0.3) is 0 Å². The van der Waals surface area contributed by atoms with Crippen LogP contribution in [0, 0.1) is 0 Å². The Hall–Kier alpha value is -3.36. The zero-order valence-corrected chi connectivity index (χ0v) is 29.2. The SMILES string of the molecule is CC[C@H]1[C@@H](c2ccccc2)OCCO[C@H](c2ccccc2)CN(C)C[C@@H](c2ccccc2)OCCO[C@H](c2ccccc2)[C@H](CC)N1C. The molecular weight excluding hydrogens is 596 g/mol. The fraction of sp³-hybridized carbons (Fsp3) is 0.429. The van der Waals surface area contributed by atoms with Gasteiger partial charge in [0, 0.05) is 25.2 Å². The quantitative estimate of drug-likeness (QED) is 0.209. The van der Waals surface area contributed by atoms with E-state index in [0.717, 1.165) is 37.1 Å². The second-order valence-corrected chi connectivity index (χ2v) is 12.8. The number of hydrogen-bond acceptors (Lipinski definition) is 6. The lowest BCUT2D eigenvalue weighted by Crippen LogP contribution is -2.47. The normalized spacial score (nSPS) is 26.3. The van der Waals surface area contributed by atoms with Crippen LogP contribution in [-0.4, -0.2) is 75.5 Å². The van der Waals surface area contributed by atoms with Crippen LogP contribution < -0.4 is 0 Å². The van der Waals surface area contributed by atoms with Crippen molar-refractivity contribution in [3.8, 4) is 0 Å². The Labute approximate surface area is 288 Å². The number of nitrogens with zero attached hydrogens (tertiary/aromatic N) is 2.